The largest absolute Gasteiger partial charge is 0.464 e. The van der Waals surface area contributed by atoms with Crippen molar-refractivity contribution in [2.75, 3.05) is 14.2 Å². The molecule has 3 rings (SSSR count). The van der Waals surface area contributed by atoms with Crippen molar-refractivity contribution in [2.45, 2.75) is 19.7 Å². The molecule has 0 saturated carbocycles. The molecule has 0 amide bonds. The molecule has 0 bridgehead atoms. The van der Waals surface area contributed by atoms with Crippen LogP contribution in [-0.4, -0.2) is 36.8 Å². The predicted octanol–water partition coefficient (Wildman–Crippen LogP) is 4.82. The minimum absolute atomic E-state index is 0.0222. The first kappa shape index (κ1) is 24.5. The van der Waals surface area contributed by atoms with Crippen LogP contribution in [0.2, 0.25) is 0 Å². The minimum atomic E-state index is -4.47. The molecule has 1 aromatic heterocycles. The number of alkyl halides is 3. The molecular formula is C23H20F3N3O5. The minimum Gasteiger partial charge on any atom is -0.464 e. The first-order chi connectivity index (χ1) is 16.2. The number of nitrogens with zero attached hydrogens (tertiary/aromatic N) is 3. The molecule has 2 aromatic carbocycles. The van der Waals surface area contributed by atoms with Crippen LogP contribution in [0.4, 0.5) is 13.2 Å². The van der Waals surface area contributed by atoms with Gasteiger partial charge in [0.1, 0.15) is 25.1 Å². The number of methoxy groups -OCH3 is 1. The fourth-order valence-electron chi connectivity index (χ4n) is 2.94. The topological polar surface area (TPSA) is 95.5 Å². The van der Waals surface area contributed by atoms with Crippen LogP contribution in [0, 0.1) is 0 Å². The molecule has 34 heavy (non-hydrogen) atoms. The molecule has 0 unspecified atom stereocenters. The van der Waals surface area contributed by atoms with Crippen LogP contribution in [0.5, 0.6) is 0 Å². The Morgan fingerprint density at radius 1 is 1.06 bits per heavy atom. The fourth-order valence-corrected chi connectivity index (χ4v) is 2.94. The maximum atomic E-state index is 13.0. The van der Waals surface area contributed by atoms with E-state index in [1.54, 1.807) is 31.2 Å². The summed E-state index contributed by atoms with van der Waals surface area (Å²) in [7, 11) is 2.53. The van der Waals surface area contributed by atoms with Gasteiger partial charge in [-0.1, -0.05) is 51.9 Å². The number of benzene rings is 2. The van der Waals surface area contributed by atoms with Gasteiger partial charge in [-0.05, 0) is 19.1 Å². The molecule has 0 N–H and O–H groups in total. The van der Waals surface area contributed by atoms with E-state index in [1.807, 2.05) is 0 Å². The highest BCUT2D eigenvalue weighted by Gasteiger charge is 2.30. The Hall–Kier alpha value is -4.15. The van der Waals surface area contributed by atoms with Gasteiger partial charge < -0.3 is 18.9 Å². The third-order valence-corrected chi connectivity index (χ3v) is 4.61. The molecule has 0 aliphatic rings. The normalized spacial score (nSPS) is 12.4. The zero-order valence-electron chi connectivity index (χ0n) is 18.4. The van der Waals surface area contributed by atoms with Gasteiger partial charge in [0.15, 0.2) is 11.5 Å². The lowest BCUT2D eigenvalue weighted by Crippen LogP contribution is -2.19. The lowest BCUT2D eigenvalue weighted by atomic mass is 10.0. The summed E-state index contributed by atoms with van der Waals surface area (Å²) in [6.45, 7) is 1.58. The van der Waals surface area contributed by atoms with Gasteiger partial charge in [0.25, 0.3) is 0 Å². The molecule has 0 spiro atoms. The third-order valence-electron chi connectivity index (χ3n) is 4.61. The molecule has 178 valence electrons. The van der Waals surface area contributed by atoms with Crippen molar-refractivity contribution in [2.24, 2.45) is 10.3 Å². The molecule has 0 fully saturated rings. The van der Waals surface area contributed by atoms with Crippen LogP contribution in [-0.2, 0) is 32.0 Å². The zero-order chi connectivity index (χ0) is 24.7. The maximum absolute atomic E-state index is 13.0. The van der Waals surface area contributed by atoms with E-state index in [0.29, 0.717) is 16.8 Å². The first-order valence-corrected chi connectivity index (χ1v) is 9.83. The van der Waals surface area contributed by atoms with Crippen LogP contribution in [0.15, 0.2) is 69.4 Å². The Labute approximate surface area is 192 Å². The number of rotatable bonds is 8. The fraction of sp³-hybridized carbons (Fsp3) is 0.217. The van der Waals surface area contributed by atoms with E-state index in [1.165, 1.54) is 32.4 Å². The molecule has 0 radical (unpaired) electrons. The molecule has 8 nitrogen and oxygen atoms in total. The molecule has 0 aliphatic heterocycles. The number of ether oxygens (including phenoxy) is 1. The Balaban J connectivity index is 1.75. The summed E-state index contributed by atoms with van der Waals surface area (Å²) in [4.78, 5) is 22.2. The van der Waals surface area contributed by atoms with Crippen LogP contribution in [0.1, 0.15) is 29.3 Å². The summed E-state index contributed by atoms with van der Waals surface area (Å²) in [6, 6.07) is 13.0. The van der Waals surface area contributed by atoms with Crippen molar-refractivity contribution in [3.8, 4) is 11.3 Å². The van der Waals surface area contributed by atoms with Crippen LogP contribution in [0.25, 0.3) is 11.3 Å². The van der Waals surface area contributed by atoms with Crippen LogP contribution < -0.4 is 0 Å². The highest BCUT2D eigenvalue weighted by atomic mass is 19.4. The number of carbonyl (C=O) groups is 1. The highest BCUT2D eigenvalue weighted by Crippen LogP contribution is 2.32. The van der Waals surface area contributed by atoms with E-state index in [4.69, 9.17) is 18.9 Å². The number of esters is 1. The average Bonchev–Trinajstić information content (AvgIpc) is 3.33. The number of carbonyl (C=O) groups excluding carboxylic acids is 1. The van der Waals surface area contributed by atoms with Crippen molar-refractivity contribution < 1.29 is 36.9 Å². The Morgan fingerprint density at radius 3 is 2.53 bits per heavy atom. The van der Waals surface area contributed by atoms with Gasteiger partial charge in [0.2, 0.25) is 0 Å². The predicted molar refractivity (Wildman–Crippen MR) is 116 cm³/mol. The van der Waals surface area contributed by atoms with E-state index >= 15 is 0 Å². The molecule has 0 saturated heterocycles. The van der Waals surface area contributed by atoms with Gasteiger partial charge in [0, 0.05) is 22.8 Å². The zero-order valence-corrected chi connectivity index (χ0v) is 18.4. The molecular weight excluding hydrogens is 455 g/mol. The molecule has 0 aliphatic carbocycles. The van der Waals surface area contributed by atoms with Crippen LogP contribution in [0.3, 0.4) is 0 Å². The van der Waals surface area contributed by atoms with Crippen molar-refractivity contribution in [1.29, 1.82) is 0 Å². The van der Waals surface area contributed by atoms with Gasteiger partial charge >= 0.3 is 12.1 Å². The van der Waals surface area contributed by atoms with Crippen molar-refractivity contribution in [1.82, 2.24) is 5.16 Å². The average molecular weight is 475 g/mol. The van der Waals surface area contributed by atoms with Gasteiger partial charge in [-0.3, -0.25) is 0 Å². The molecule has 0 atom stereocenters. The first-order valence-electron chi connectivity index (χ1n) is 9.83. The SMILES string of the molecule is CO/N=C(/C(=O)OC)c1ccccc1CO/N=C(\C)c1cc(-c2cccc(C(F)(F)F)c2)on1. The number of hydrogen-bond donors (Lipinski definition) is 0. The number of hydrogen-bond acceptors (Lipinski definition) is 8. The van der Waals surface area contributed by atoms with Gasteiger partial charge in [0.05, 0.1) is 12.7 Å². The smallest absolute Gasteiger partial charge is 0.416 e. The number of aromatic nitrogens is 1. The molecule has 1 heterocycles. The van der Waals surface area contributed by atoms with E-state index in [9.17, 15) is 18.0 Å². The van der Waals surface area contributed by atoms with E-state index in [-0.39, 0.29) is 29.3 Å². The van der Waals surface area contributed by atoms with E-state index in [2.05, 4.69) is 15.5 Å². The van der Waals surface area contributed by atoms with Gasteiger partial charge in [-0.25, -0.2) is 4.79 Å². The Bertz CT molecular complexity index is 1220. The van der Waals surface area contributed by atoms with Gasteiger partial charge in [-0.15, -0.1) is 0 Å². The monoisotopic (exact) mass is 475 g/mol. The lowest BCUT2D eigenvalue weighted by Gasteiger charge is -2.09. The summed E-state index contributed by atoms with van der Waals surface area (Å²) in [5, 5.41) is 11.6. The standard InChI is InChI=1S/C23H20F3N3O5/c1-14(19-12-20(34-28-19)15-8-6-9-17(11-15)23(24,25)26)27-33-13-16-7-4-5-10-18(16)21(29-32-3)22(30)31-2/h4-12H,13H2,1-3H3/b27-14+,29-21+. The summed E-state index contributed by atoms with van der Waals surface area (Å²) >= 11 is 0. The Kier molecular flexibility index (Phi) is 7.67. The molecule has 3 aromatic rings. The maximum Gasteiger partial charge on any atom is 0.416 e. The van der Waals surface area contributed by atoms with Crippen molar-refractivity contribution >= 4 is 17.4 Å². The summed E-state index contributed by atoms with van der Waals surface area (Å²) in [5.41, 5.74) is 1.05. The summed E-state index contributed by atoms with van der Waals surface area (Å²) < 4.78 is 48.8. The van der Waals surface area contributed by atoms with Crippen molar-refractivity contribution in [3.63, 3.8) is 0 Å². The second-order valence-electron chi connectivity index (χ2n) is 6.88. The van der Waals surface area contributed by atoms with Crippen LogP contribution >= 0.6 is 0 Å². The number of oxime groups is 2. The quantitative estimate of drug-likeness (QED) is 0.263. The van der Waals surface area contributed by atoms with E-state index in [0.717, 1.165) is 12.1 Å². The van der Waals surface area contributed by atoms with Crippen molar-refractivity contribution in [3.05, 3.63) is 77.0 Å². The van der Waals surface area contributed by atoms with Gasteiger partial charge in [-0.2, -0.15) is 13.2 Å². The molecule has 11 heteroatoms. The lowest BCUT2D eigenvalue weighted by molar-refractivity contribution is -0.137. The second kappa shape index (κ2) is 10.6. The Morgan fingerprint density at radius 2 is 1.82 bits per heavy atom. The summed E-state index contributed by atoms with van der Waals surface area (Å²) in [5.74, 6) is -0.529. The summed E-state index contributed by atoms with van der Waals surface area (Å²) in [6.07, 6.45) is -4.47. The third kappa shape index (κ3) is 5.80. The van der Waals surface area contributed by atoms with E-state index < -0.39 is 17.7 Å². The number of halogens is 3. The second-order valence-corrected chi connectivity index (χ2v) is 6.88. The highest BCUT2D eigenvalue weighted by molar-refractivity contribution is 6.43.